The van der Waals surface area contributed by atoms with Crippen LogP contribution in [0.5, 0.6) is 5.95 Å². The van der Waals surface area contributed by atoms with Crippen molar-refractivity contribution in [2.45, 2.75) is 13.3 Å². The van der Waals surface area contributed by atoms with Crippen LogP contribution in [0, 0.1) is 5.82 Å². The summed E-state index contributed by atoms with van der Waals surface area (Å²) in [6, 6.07) is 19.9. The number of allylic oxidation sites excluding steroid dienone is 1. The number of nitrogens with one attached hydrogen (secondary N) is 1. The summed E-state index contributed by atoms with van der Waals surface area (Å²) in [4.78, 5) is 0. The highest BCUT2D eigenvalue weighted by molar-refractivity contribution is 6.32. The normalized spacial score (nSPS) is 12.2. The van der Waals surface area contributed by atoms with E-state index in [-0.39, 0.29) is 11.8 Å². The van der Waals surface area contributed by atoms with Gasteiger partial charge in [-0.1, -0.05) is 60.1 Å². The van der Waals surface area contributed by atoms with Crippen LogP contribution in [0.15, 0.2) is 77.4 Å². The molecule has 164 valence electrons. The summed E-state index contributed by atoms with van der Waals surface area (Å²) in [7, 11) is 0. The minimum absolute atomic E-state index is 0.234. The lowest BCUT2D eigenvalue weighted by atomic mass is 9.87. The second kappa shape index (κ2) is 8.56. The summed E-state index contributed by atoms with van der Waals surface area (Å²) >= 11 is 6.48. The number of nitrogens with zero attached hydrogens (tertiary/aromatic N) is 2. The van der Waals surface area contributed by atoms with Crippen LogP contribution in [0.25, 0.3) is 33.3 Å². The molecule has 0 radical (unpaired) electrons. The molecule has 0 atom stereocenters. The highest BCUT2D eigenvalue weighted by Crippen LogP contribution is 2.38. The number of aromatic hydroxyl groups is 1. The predicted molar refractivity (Wildman–Crippen MR) is 127 cm³/mol. The average Bonchev–Trinajstić information content (AvgIpc) is 3.46. The van der Waals surface area contributed by atoms with Crippen LogP contribution < -0.4 is 0 Å². The monoisotopic (exact) mass is 459 g/mol. The van der Waals surface area contributed by atoms with Crippen molar-refractivity contribution in [3.8, 4) is 17.2 Å². The van der Waals surface area contributed by atoms with Crippen LogP contribution in [0.3, 0.4) is 0 Å². The van der Waals surface area contributed by atoms with Gasteiger partial charge in [-0.15, -0.1) is 0 Å². The Labute approximate surface area is 194 Å². The maximum Gasteiger partial charge on any atom is 0.309 e. The molecule has 2 N–H and O–H groups in total. The fourth-order valence-corrected chi connectivity index (χ4v) is 4.34. The lowest BCUT2D eigenvalue weighted by Gasteiger charge is -2.18. The third kappa shape index (κ3) is 4.01. The maximum atomic E-state index is 13.8. The highest BCUT2D eigenvalue weighted by Gasteiger charge is 2.17. The molecule has 3 aromatic carbocycles. The lowest BCUT2D eigenvalue weighted by molar-refractivity contribution is 0.278. The molecule has 5 rings (SSSR count). The molecule has 0 unspecified atom stereocenters. The van der Waals surface area contributed by atoms with Gasteiger partial charge < -0.3 is 9.63 Å². The van der Waals surface area contributed by atoms with Crippen LogP contribution in [-0.4, -0.2) is 20.5 Å². The molecule has 33 heavy (non-hydrogen) atoms. The third-order valence-corrected chi connectivity index (χ3v) is 5.92. The molecule has 0 aliphatic carbocycles. The van der Waals surface area contributed by atoms with Crippen molar-refractivity contribution in [2.24, 2.45) is 0 Å². The molecule has 2 aromatic heterocycles. The van der Waals surface area contributed by atoms with Gasteiger partial charge in [0.25, 0.3) is 0 Å². The average molecular weight is 460 g/mol. The Morgan fingerprint density at radius 3 is 2.52 bits per heavy atom. The van der Waals surface area contributed by atoms with Crippen molar-refractivity contribution in [1.82, 2.24) is 15.4 Å². The molecular weight excluding hydrogens is 441 g/mol. The fraction of sp³-hybridized carbons (Fsp3) is 0.0769. The minimum atomic E-state index is -0.374. The zero-order valence-electron chi connectivity index (χ0n) is 17.6. The van der Waals surface area contributed by atoms with Crippen molar-refractivity contribution < 1.29 is 14.0 Å². The molecule has 2 heterocycles. The molecule has 0 saturated heterocycles. The molecule has 0 aliphatic heterocycles. The SMILES string of the molecule is CCC(=C(c1ccc(-c2cc(O)on2)cc1)c1ccc2[nH]ncc2c1)c1ccc(F)cc1Cl. The number of halogens is 2. The third-order valence-electron chi connectivity index (χ3n) is 5.61. The van der Waals surface area contributed by atoms with E-state index in [4.69, 9.17) is 16.1 Å². The molecule has 0 spiro atoms. The predicted octanol–water partition coefficient (Wildman–Crippen LogP) is 7.09. The molecule has 7 heteroatoms. The number of fused-ring (bicyclic) bond motifs is 1. The van der Waals surface area contributed by atoms with Gasteiger partial charge in [-0.2, -0.15) is 5.10 Å². The number of rotatable bonds is 5. The molecule has 0 amide bonds. The second-order valence-corrected chi connectivity index (χ2v) is 8.04. The van der Waals surface area contributed by atoms with Gasteiger partial charge in [0, 0.05) is 10.9 Å². The van der Waals surface area contributed by atoms with Gasteiger partial charge in [-0.05, 0) is 58.5 Å². The van der Waals surface area contributed by atoms with E-state index in [0.717, 1.165) is 44.3 Å². The minimum Gasteiger partial charge on any atom is -0.479 e. The molecule has 0 aliphatic rings. The Hall–Kier alpha value is -3.90. The van der Waals surface area contributed by atoms with Gasteiger partial charge in [0.15, 0.2) is 0 Å². The summed E-state index contributed by atoms with van der Waals surface area (Å²) in [6.07, 6.45) is 2.47. The van der Waals surface area contributed by atoms with Gasteiger partial charge in [-0.3, -0.25) is 5.10 Å². The highest BCUT2D eigenvalue weighted by atomic mass is 35.5. The zero-order valence-corrected chi connectivity index (χ0v) is 18.4. The number of aromatic amines is 1. The Bertz CT molecular complexity index is 1490. The Morgan fingerprint density at radius 2 is 1.82 bits per heavy atom. The van der Waals surface area contributed by atoms with E-state index in [9.17, 15) is 9.50 Å². The van der Waals surface area contributed by atoms with Crippen LogP contribution in [0.2, 0.25) is 5.02 Å². The van der Waals surface area contributed by atoms with E-state index in [1.165, 1.54) is 18.2 Å². The van der Waals surface area contributed by atoms with Gasteiger partial charge in [-0.25, -0.2) is 4.39 Å². The first-order valence-electron chi connectivity index (χ1n) is 10.4. The summed E-state index contributed by atoms with van der Waals surface area (Å²) in [5, 5.41) is 21.8. The summed E-state index contributed by atoms with van der Waals surface area (Å²) in [5.74, 6) is -0.608. The number of H-pyrrole nitrogens is 1. The van der Waals surface area contributed by atoms with Gasteiger partial charge in [0.05, 0.1) is 22.8 Å². The van der Waals surface area contributed by atoms with Crippen molar-refractivity contribution in [3.05, 3.63) is 100 Å². The molecule has 0 bridgehead atoms. The fourth-order valence-electron chi connectivity index (χ4n) is 4.06. The lowest BCUT2D eigenvalue weighted by Crippen LogP contribution is -1.96. The number of hydrogen-bond donors (Lipinski definition) is 2. The van der Waals surface area contributed by atoms with Crippen molar-refractivity contribution in [3.63, 3.8) is 0 Å². The van der Waals surface area contributed by atoms with E-state index >= 15 is 0 Å². The topological polar surface area (TPSA) is 74.9 Å². The summed E-state index contributed by atoms with van der Waals surface area (Å²) in [5.41, 5.74) is 7.02. The maximum absolute atomic E-state index is 13.8. The first-order valence-corrected chi connectivity index (χ1v) is 10.8. The van der Waals surface area contributed by atoms with Crippen LogP contribution in [0.1, 0.15) is 30.0 Å². The molecular formula is C26H19ClFN3O2. The summed E-state index contributed by atoms with van der Waals surface area (Å²) in [6.45, 7) is 2.05. The Morgan fingerprint density at radius 1 is 1.03 bits per heavy atom. The van der Waals surface area contributed by atoms with Crippen LogP contribution >= 0.6 is 11.6 Å². The van der Waals surface area contributed by atoms with Gasteiger partial charge in [0.1, 0.15) is 11.5 Å². The van der Waals surface area contributed by atoms with Crippen molar-refractivity contribution in [1.29, 1.82) is 0 Å². The van der Waals surface area contributed by atoms with E-state index in [0.29, 0.717) is 17.1 Å². The number of aromatic nitrogens is 3. The largest absolute Gasteiger partial charge is 0.479 e. The van der Waals surface area contributed by atoms with Crippen LogP contribution in [0.4, 0.5) is 4.39 Å². The number of hydrogen-bond acceptors (Lipinski definition) is 4. The standard InChI is InChI=1S/C26H19ClFN3O2/c1-2-20(21-9-8-19(28)12-22(21)27)26(17-7-10-23-18(11-17)14-29-30-23)16-5-3-15(4-6-16)24-13-25(32)33-31-24/h3-14,32H,2H2,1H3,(H,29,30). The first-order chi connectivity index (χ1) is 16.0. The van der Waals surface area contributed by atoms with E-state index in [1.807, 2.05) is 36.4 Å². The van der Waals surface area contributed by atoms with E-state index in [1.54, 1.807) is 12.3 Å². The summed E-state index contributed by atoms with van der Waals surface area (Å²) < 4.78 is 18.5. The molecule has 5 aromatic rings. The van der Waals surface area contributed by atoms with Gasteiger partial charge in [0.2, 0.25) is 0 Å². The Kier molecular flexibility index (Phi) is 5.44. The molecule has 5 nitrogen and oxygen atoms in total. The molecule has 0 fully saturated rings. The second-order valence-electron chi connectivity index (χ2n) is 7.63. The van der Waals surface area contributed by atoms with Gasteiger partial charge >= 0.3 is 5.95 Å². The van der Waals surface area contributed by atoms with Crippen LogP contribution in [-0.2, 0) is 0 Å². The number of benzene rings is 3. The van der Waals surface area contributed by atoms with Crippen molar-refractivity contribution >= 4 is 33.7 Å². The van der Waals surface area contributed by atoms with E-state index in [2.05, 4.69) is 28.3 Å². The zero-order chi connectivity index (χ0) is 22.9. The van der Waals surface area contributed by atoms with E-state index < -0.39 is 0 Å². The smallest absolute Gasteiger partial charge is 0.309 e. The molecule has 0 saturated carbocycles. The van der Waals surface area contributed by atoms with Crippen molar-refractivity contribution in [2.75, 3.05) is 0 Å². The first kappa shape index (κ1) is 21.0. The Balaban J connectivity index is 1.72. The quantitative estimate of drug-likeness (QED) is 0.275.